The predicted molar refractivity (Wildman–Crippen MR) is 215 cm³/mol. The van der Waals surface area contributed by atoms with Gasteiger partial charge in [0.05, 0.1) is 32.3 Å². The molecule has 8 nitrogen and oxygen atoms in total. The predicted octanol–water partition coefficient (Wildman–Crippen LogP) is 11.0. The molecule has 0 spiro atoms. The quantitative estimate of drug-likeness (QED) is 0.187. The Balaban J connectivity index is 1.07. The number of hydrogen-bond donors (Lipinski definition) is 2. The number of carbonyl (C=O) groups is 4. The van der Waals surface area contributed by atoms with Crippen molar-refractivity contribution >= 4 is 23.9 Å². The minimum Gasteiger partial charge on any atom is -0.481 e. The van der Waals surface area contributed by atoms with Crippen LogP contribution in [0.25, 0.3) is 0 Å². The van der Waals surface area contributed by atoms with Crippen LogP contribution in [0, 0.1) is 73.4 Å². The summed E-state index contributed by atoms with van der Waals surface area (Å²) in [5.41, 5.74) is -0.554. The van der Waals surface area contributed by atoms with Crippen molar-refractivity contribution in [1.82, 2.24) is 0 Å². The van der Waals surface area contributed by atoms with Gasteiger partial charge in [0, 0.05) is 10.8 Å². The molecule has 56 heavy (non-hydrogen) atoms. The van der Waals surface area contributed by atoms with Crippen molar-refractivity contribution in [3.05, 3.63) is 0 Å². The third-order valence-electron chi connectivity index (χ3n) is 19.7. The summed E-state index contributed by atoms with van der Waals surface area (Å²) < 4.78 is 12.8. The zero-order chi connectivity index (χ0) is 40.5. The summed E-state index contributed by atoms with van der Waals surface area (Å²) in [6, 6.07) is 0. The number of fused-ring (bicyclic) bond motifs is 7. The van der Waals surface area contributed by atoms with E-state index in [2.05, 4.69) is 48.5 Å². The van der Waals surface area contributed by atoms with E-state index in [0.29, 0.717) is 42.1 Å². The topological polar surface area (TPSA) is 127 Å². The van der Waals surface area contributed by atoms with Crippen molar-refractivity contribution in [3.63, 3.8) is 0 Å². The second kappa shape index (κ2) is 14.9. The fourth-order valence-corrected chi connectivity index (χ4v) is 16.8. The first kappa shape index (κ1) is 42.0. The molecule has 7 saturated carbocycles. The van der Waals surface area contributed by atoms with E-state index < -0.39 is 22.8 Å². The first-order valence-corrected chi connectivity index (χ1v) is 23.0. The lowest BCUT2D eigenvalue weighted by Crippen LogP contribution is -2.67. The maximum atomic E-state index is 13.6. The summed E-state index contributed by atoms with van der Waals surface area (Å²) in [5.74, 6) is 1.31. The number of carboxylic acids is 2. The molecular formula is C48H76O8. The van der Waals surface area contributed by atoms with E-state index in [1.54, 1.807) is 0 Å². The van der Waals surface area contributed by atoms with Gasteiger partial charge in [0.2, 0.25) is 0 Å². The number of esters is 2. The molecule has 7 aliphatic carbocycles. The first-order chi connectivity index (χ1) is 26.2. The van der Waals surface area contributed by atoms with Crippen molar-refractivity contribution in [3.8, 4) is 0 Å². The van der Waals surface area contributed by atoms with Crippen LogP contribution in [-0.4, -0.2) is 46.8 Å². The highest BCUT2D eigenvalue weighted by molar-refractivity contribution is 5.74. The summed E-state index contributed by atoms with van der Waals surface area (Å²) in [7, 11) is 0. The molecule has 2 N–H and O–H groups in total. The standard InChI is InChI=1S/C48H76O8/c1-31(2)32-14-23-48(30-55-39(53)28-46(26-37(49)50)17-8-9-18-46)25-24-44(6)33(41(32)48)12-13-35-43(5)21-16-36(42(3,4)34(43)15-22-45(35,44)7)56-40(54)29-47(27-38(51)52)19-10-11-20-47/h31-36,41H,8-30H2,1-7H3,(H,49,50)(H,51,52)/t32?,33?,34?,35?,36-,41?,43-,44+,45+,48+/m0/s1. The van der Waals surface area contributed by atoms with Gasteiger partial charge in [-0.05, 0) is 152 Å². The van der Waals surface area contributed by atoms with E-state index in [-0.39, 0.29) is 70.8 Å². The van der Waals surface area contributed by atoms with Crippen molar-refractivity contribution < 1.29 is 38.9 Å². The van der Waals surface area contributed by atoms with Crippen LogP contribution in [0.1, 0.15) is 190 Å². The van der Waals surface area contributed by atoms with Crippen LogP contribution in [0.4, 0.5) is 0 Å². The Morgan fingerprint density at radius 3 is 1.77 bits per heavy atom. The van der Waals surface area contributed by atoms with Crippen LogP contribution in [0.2, 0.25) is 0 Å². The SMILES string of the molecule is CC(C)C1CC[C@]2(COC(=O)CC3(CC(=O)O)CCCC3)CC[C@]3(C)C(CCC4[C@@]5(C)CC[C@H](OC(=O)CC6(CC(=O)O)CCCC6)C(C)(C)C5CC[C@]43C)C12. The Kier molecular flexibility index (Phi) is 11.1. The van der Waals surface area contributed by atoms with E-state index in [4.69, 9.17) is 9.47 Å². The molecular weight excluding hydrogens is 705 g/mol. The van der Waals surface area contributed by atoms with Crippen LogP contribution in [0.15, 0.2) is 0 Å². The molecule has 0 amide bonds. The first-order valence-electron chi connectivity index (χ1n) is 23.0. The highest BCUT2D eigenvalue weighted by Crippen LogP contribution is 2.77. The number of aliphatic carboxylic acids is 2. The molecule has 0 aliphatic heterocycles. The fraction of sp³-hybridized carbons (Fsp3) is 0.917. The zero-order valence-corrected chi connectivity index (χ0v) is 36.1. The monoisotopic (exact) mass is 781 g/mol. The maximum Gasteiger partial charge on any atom is 0.306 e. The van der Waals surface area contributed by atoms with Gasteiger partial charge < -0.3 is 19.7 Å². The van der Waals surface area contributed by atoms with Gasteiger partial charge in [0.15, 0.2) is 0 Å². The summed E-state index contributed by atoms with van der Waals surface area (Å²) in [6.45, 7) is 17.9. The minimum atomic E-state index is -0.816. The van der Waals surface area contributed by atoms with Crippen LogP contribution < -0.4 is 0 Å². The average Bonchev–Trinajstić information content (AvgIpc) is 3.84. The van der Waals surface area contributed by atoms with E-state index in [0.717, 1.165) is 89.9 Å². The van der Waals surface area contributed by atoms with Crippen molar-refractivity contribution in [2.45, 2.75) is 196 Å². The van der Waals surface area contributed by atoms with Crippen LogP contribution in [0.3, 0.4) is 0 Å². The average molecular weight is 781 g/mol. The second-order valence-electron chi connectivity index (χ2n) is 22.9. The molecule has 0 bridgehead atoms. The summed E-state index contributed by atoms with van der Waals surface area (Å²) in [4.78, 5) is 50.7. The molecule has 7 aliphatic rings. The van der Waals surface area contributed by atoms with Gasteiger partial charge in [-0.2, -0.15) is 0 Å². The van der Waals surface area contributed by atoms with Gasteiger partial charge in [-0.3, -0.25) is 19.2 Å². The maximum absolute atomic E-state index is 13.6. The smallest absolute Gasteiger partial charge is 0.306 e. The molecule has 0 saturated heterocycles. The summed E-state index contributed by atoms with van der Waals surface area (Å²) >= 11 is 0. The normalized spacial score (nSPS) is 41.9. The molecule has 10 atom stereocenters. The molecule has 0 heterocycles. The molecule has 0 radical (unpaired) electrons. The number of rotatable bonds is 12. The molecule has 0 aromatic carbocycles. The lowest BCUT2D eigenvalue weighted by Gasteiger charge is -2.73. The number of carbonyl (C=O) groups excluding carboxylic acids is 2. The van der Waals surface area contributed by atoms with Gasteiger partial charge >= 0.3 is 23.9 Å². The lowest BCUT2D eigenvalue weighted by molar-refractivity contribution is -0.254. The van der Waals surface area contributed by atoms with Crippen LogP contribution in [-0.2, 0) is 28.7 Å². The second-order valence-corrected chi connectivity index (χ2v) is 22.9. The highest BCUT2D eigenvalue weighted by atomic mass is 16.5. The molecule has 7 rings (SSSR count). The summed E-state index contributed by atoms with van der Waals surface area (Å²) in [5, 5.41) is 19.3. The van der Waals surface area contributed by atoms with Gasteiger partial charge in [0.25, 0.3) is 0 Å². The molecule has 7 fully saturated rings. The van der Waals surface area contributed by atoms with Gasteiger partial charge in [-0.1, -0.05) is 74.1 Å². The van der Waals surface area contributed by atoms with Crippen molar-refractivity contribution in [2.24, 2.45) is 73.4 Å². The number of ether oxygens (including phenoxy) is 2. The number of carboxylic acid groups (broad SMARTS) is 2. The largest absolute Gasteiger partial charge is 0.481 e. The Labute approximate surface area is 337 Å². The van der Waals surface area contributed by atoms with E-state index >= 15 is 0 Å². The van der Waals surface area contributed by atoms with E-state index in [1.807, 2.05) is 0 Å². The zero-order valence-electron chi connectivity index (χ0n) is 36.1. The summed E-state index contributed by atoms with van der Waals surface area (Å²) in [6.07, 6.45) is 18.8. The lowest BCUT2D eigenvalue weighted by atomic mass is 9.32. The number of hydrogen-bond acceptors (Lipinski definition) is 6. The third kappa shape index (κ3) is 6.96. The molecule has 316 valence electrons. The third-order valence-corrected chi connectivity index (χ3v) is 19.7. The van der Waals surface area contributed by atoms with Gasteiger partial charge in [0.1, 0.15) is 6.10 Å². The van der Waals surface area contributed by atoms with E-state index in [1.165, 1.54) is 25.7 Å². The Bertz CT molecular complexity index is 1520. The molecule has 0 aromatic rings. The van der Waals surface area contributed by atoms with Crippen molar-refractivity contribution in [2.75, 3.05) is 6.61 Å². The van der Waals surface area contributed by atoms with Crippen LogP contribution >= 0.6 is 0 Å². The Hall–Kier alpha value is -2.12. The molecule has 8 heteroatoms. The van der Waals surface area contributed by atoms with Crippen LogP contribution in [0.5, 0.6) is 0 Å². The van der Waals surface area contributed by atoms with Gasteiger partial charge in [-0.15, -0.1) is 0 Å². The van der Waals surface area contributed by atoms with Gasteiger partial charge in [-0.25, -0.2) is 0 Å². The van der Waals surface area contributed by atoms with E-state index in [9.17, 15) is 29.4 Å². The van der Waals surface area contributed by atoms with Crippen molar-refractivity contribution in [1.29, 1.82) is 0 Å². The highest BCUT2D eigenvalue weighted by Gasteiger charge is 2.71. The minimum absolute atomic E-state index is 0.000180. The Morgan fingerprint density at radius 2 is 1.20 bits per heavy atom. The molecule has 0 aromatic heterocycles. The fourth-order valence-electron chi connectivity index (χ4n) is 16.8. The molecule has 5 unspecified atom stereocenters. The Morgan fingerprint density at radius 1 is 0.607 bits per heavy atom.